The predicted octanol–water partition coefficient (Wildman–Crippen LogP) is 0.974. The van der Waals surface area contributed by atoms with Crippen LogP contribution in [0.1, 0.15) is 6.92 Å². The number of amides is 1. The van der Waals surface area contributed by atoms with Crippen LogP contribution in [0, 0.1) is 0 Å². The van der Waals surface area contributed by atoms with Crippen molar-refractivity contribution < 1.29 is 19.0 Å². The number of benzene rings is 1. The predicted molar refractivity (Wildman–Crippen MR) is 83.2 cm³/mol. The third kappa shape index (κ3) is 6.66. The number of halogens is 1. The van der Waals surface area contributed by atoms with Crippen molar-refractivity contribution in [1.29, 1.82) is 0 Å². The highest BCUT2D eigenvalue weighted by molar-refractivity contribution is 5.85. The van der Waals surface area contributed by atoms with Crippen molar-refractivity contribution in [2.24, 2.45) is 5.73 Å². The van der Waals surface area contributed by atoms with Gasteiger partial charge < -0.3 is 25.3 Å². The molecule has 0 aliphatic rings. The van der Waals surface area contributed by atoms with E-state index in [1.165, 1.54) is 7.11 Å². The van der Waals surface area contributed by atoms with E-state index in [1.807, 2.05) is 31.2 Å². The summed E-state index contributed by atoms with van der Waals surface area (Å²) in [4.78, 5) is 11.6. The Morgan fingerprint density at radius 3 is 2.48 bits per heavy atom. The first-order valence-electron chi connectivity index (χ1n) is 6.40. The molecule has 1 aromatic rings. The van der Waals surface area contributed by atoms with Crippen LogP contribution in [-0.2, 0) is 9.53 Å². The van der Waals surface area contributed by atoms with Gasteiger partial charge in [0.2, 0.25) is 5.91 Å². The van der Waals surface area contributed by atoms with Gasteiger partial charge in [0.15, 0.2) is 11.5 Å². The molecule has 120 valence electrons. The van der Waals surface area contributed by atoms with E-state index in [2.05, 4.69) is 5.32 Å². The van der Waals surface area contributed by atoms with Crippen LogP contribution in [-0.4, -0.2) is 45.4 Å². The molecule has 1 rings (SSSR count). The molecule has 2 atom stereocenters. The molecule has 0 bridgehead atoms. The SMILES string of the molecule is COCC(N)C(=O)NCC(C)Oc1ccccc1OC.Cl. The normalized spacial score (nSPS) is 12.8. The maximum Gasteiger partial charge on any atom is 0.239 e. The number of carbonyl (C=O) groups excluding carboxylic acids is 1. The molecular weight excluding hydrogens is 296 g/mol. The first kappa shape index (κ1) is 19.5. The van der Waals surface area contributed by atoms with Gasteiger partial charge >= 0.3 is 0 Å². The third-order valence-electron chi connectivity index (χ3n) is 2.64. The highest BCUT2D eigenvalue weighted by Crippen LogP contribution is 2.26. The zero-order chi connectivity index (χ0) is 15.0. The summed E-state index contributed by atoms with van der Waals surface area (Å²) in [7, 11) is 3.08. The van der Waals surface area contributed by atoms with E-state index < -0.39 is 6.04 Å². The summed E-state index contributed by atoms with van der Waals surface area (Å²) in [5, 5.41) is 2.71. The van der Waals surface area contributed by atoms with Gasteiger partial charge in [0.1, 0.15) is 12.1 Å². The van der Waals surface area contributed by atoms with Gasteiger partial charge in [-0.15, -0.1) is 12.4 Å². The lowest BCUT2D eigenvalue weighted by molar-refractivity contribution is -0.123. The number of hydrogen-bond donors (Lipinski definition) is 2. The number of nitrogens with one attached hydrogen (secondary N) is 1. The smallest absolute Gasteiger partial charge is 0.239 e. The molecule has 21 heavy (non-hydrogen) atoms. The average Bonchev–Trinajstić information content (AvgIpc) is 2.45. The van der Waals surface area contributed by atoms with E-state index in [0.717, 1.165) is 0 Å². The van der Waals surface area contributed by atoms with Crippen LogP contribution in [0.4, 0.5) is 0 Å². The standard InChI is InChI=1S/C14H22N2O4.ClH/c1-10(8-16-14(17)11(15)9-18-2)20-13-7-5-4-6-12(13)19-3;/h4-7,10-11H,8-9,15H2,1-3H3,(H,16,17);1H. The molecule has 0 radical (unpaired) electrons. The Hall–Kier alpha value is -1.50. The minimum Gasteiger partial charge on any atom is -0.493 e. The van der Waals surface area contributed by atoms with Crippen LogP contribution in [0.5, 0.6) is 11.5 Å². The lowest BCUT2D eigenvalue weighted by Crippen LogP contribution is -2.46. The molecular formula is C14H23ClN2O4. The Balaban J connectivity index is 0.00000400. The summed E-state index contributed by atoms with van der Waals surface area (Å²) in [5.41, 5.74) is 5.61. The second-order valence-corrected chi connectivity index (χ2v) is 4.39. The number of ether oxygens (including phenoxy) is 3. The minimum absolute atomic E-state index is 0. The molecule has 6 nitrogen and oxygen atoms in total. The van der Waals surface area contributed by atoms with E-state index in [0.29, 0.717) is 18.0 Å². The number of para-hydroxylation sites is 2. The van der Waals surface area contributed by atoms with E-state index in [9.17, 15) is 4.79 Å². The van der Waals surface area contributed by atoms with Crippen molar-refractivity contribution in [3.8, 4) is 11.5 Å². The van der Waals surface area contributed by atoms with E-state index >= 15 is 0 Å². The Kier molecular flexibility index (Phi) is 9.53. The molecule has 2 unspecified atom stereocenters. The first-order valence-corrected chi connectivity index (χ1v) is 6.40. The molecule has 1 amide bonds. The molecule has 0 fully saturated rings. The molecule has 0 aliphatic carbocycles. The average molecular weight is 319 g/mol. The highest BCUT2D eigenvalue weighted by Gasteiger charge is 2.15. The van der Waals surface area contributed by atoms with Gasteiger partial charge in [0, 0.05) is 7.11 Å². The summed E-state index contributed by atoms with van der Waals surface area (Å²) in [5.74, 6) is 1.03. The van der Waals surface area contributed by atoms with Gasteiger partial charge in [0.05, 0.1) is 20.3 Å². The monoisotopic (exact) mass is 318 g/mol. The lowest BCUT2D eigenvalue weighted by atomic mass is 10.3. The summed E-state index contributed by atoms with van der Waals surface area (Å²) in [6, 6.07) is 6.68. The van der Waals surface area contributed by atoms with Crippen LogP contribution in [0.15, 0.2) is 24.3 Å². The Bertz CT molecular complexity index is 431. The fourth-order valence-electron chi connectivity index (χ4n) is 1.61. The van der Waals surface area contributed by atoms with Crippen molar-refractivity contribution in [3.63, 3.8) is 0 Å². The maximum atomic E-state index is 11.6. The Morgan fingerprint density at radius 1 is 1.29 bits per heavy atom. The largest absolute Gasteiger partial charge is 0.493 e. The maximum absolute atomic E-state index is 11.6. The molecule has 1 aromatic carbocycles. The summed E-state index contributed by atoms with van der Waals surface area (Å²) < 4.78 is 15.7. The molecule has 0 heterocycles. The first-order chi connectivity index (χ1) is 9.58. The Labute approximate surface area is 131 Å². The van der Waals surface area contributed by atoms with Crippen molar-refractivity contribution in [1.82, 2.24) is 5.32 Å². The van der Waals surface area contributed by atoms with Crippen LogP contribution in [0.2, 0.25) is 0 Å². The fourth-order valence-corrected chi connectivity index (χ4v) is 1.61. The molecule has 0 spiro atoms. The van der Waals surface area contributed by atoms with Gasteiger partial charge in [-0.05, 0) is 19.1 Å². The van der Waals surface area contributed by atoms with Crippen LogP contribution >= 0.6 is 12.4 Å². The zero-order valence-electron chi connectivity index (χ0n) is 12.5. The van der Waals surface area contributed by atoms with Crippen LogP contribution < -0.4 is 20.5 Å². The van der Waals surface area contributed by atoms with Gasteiger partial charge in [-0.2, -0.15) is 0 Å². The third-order valence-corrected chi connectivity index (χ3v) is 2.64. The second kappa shape index (κ2) is 10.3. The van der Waals surface area contributed by atoms with E-state index in [1.54, 1.807) is 7.11 Å². The van der Waals surface area contributed by atoms with Crippen LogP contribution in [0.3, 0.4) is 0 Å². The number of rotatable bonds is 8. The topological polar surface area (TPSA) is 82.8 Å². The number of hydrogen-bond acceptors (Lipinski definition) is 5. The summed E-state index contributed by atoms with van der Waals surface area (Å²) in [6.07, 6.45) is -0.204. The number of nitrogens with two attached hydrogens (primary N) is 1. The highest BCUT2D eigenvalue weighted by atomic mass is 35.5. The lowest BCUT2D eigenvalue weighted by Gasteiger charge is -2.18. The Morgan fingerprint density at radius 2 is 1.90 bits per heavy atom. The number of methoxy groups -OCH3 is 2. The van der Waals surface area contributed by atoms with Crippen molar-refractivity contribution in [2.75, 3.05) is 27.4 Å². The van der Waals surface area contributed by atoms with Gasteiger partial charge in [-0.1, -0.05) is 12.1 Å². The van der Waals surface area contributed by atoms with Gasteiger partial charge in [-0.3, -0.25) is 4.79 Å². The zero-order valence-corrected chi connectivity index (χ0v) is 13.3. The van der Waals surface area contributed by atoms with Gasteiger partial charge in [-0.25, -0.2) is 0 Å². The summed E-state index contributed by atoms with van der Waals surface area (Å²) >= 11 is 0. The fraction of sp³-hybridized carbons (Fsp3) is 0.500. The molecule has 0 saturated heterocycles. The molecule has 0 saturated carbocycles. The molecule has 7 heteroatoms. The van der Waals surface area contributed by atoms with Crippen molar-refractivity contribution >= 4 is 18.3 Å². The molecule has 0 aliphatic heterocycles. The summed E-state index contributed by atoms with van der Waals surface area (Å²) in [6.45, 7) is 2.40. The van der Waals surface area contributed by atoms with E-state index in [-0.39, 0.29) is 31.0 Å². The quantitative estimate of drug-likeness (QED) is 0.746. The number of carbonyl (C=O) groups is 1. The second-order valence-electron chi connectivity index (χ2n) is 4.39. The molecule has 3 N–H and O–H groups in total. The molecule has 0 aromatic heterocycles. The minimum atomic E-state index is -0.668. The van der Waals surface area contributed by atoms with Crippen molar-refractivity contribution in [3.05, 3.63) is 24.3 Å². The van der Waals surface area contributed by atoms with Crippen LogP contribution in [0.25, 0.3) is 0 Å². The van der Waals surface area contributed by atoms with Gasteiger partial charge in [0.25, 0.3) is 0 Å². The van der Waals surface area contributed by atoms with Crippen molar-refractivity contribution in [2.45, 2.75) is 19.1 Å². The van der Waals surface area contributed by atoms with E-state index in [4.69, 9.17) is 19.9 Å².